The summed E-state index contributed by atoms with van der Waals surface area (Å²) in [6.07, 6.45) is 1.21. The zero-order valence-corrected chi connectivity index (χ0v) is 16.9. The van der Waals surface area contributed by atoms with Gasteiger partial charge in [-0.2, -0.15) is 0 Å². The van der Waals surface area contributed by atoms with Gasteiger partial charge in [0.05, 0.1) is 11.7 Å². The monoisotopic (exact) mass is 357 g/mol. The highest BCUT2D eigenvalue weighted by molar-refractivity contribution is 7.09. The van der Waals surface area contributed by atoms with Gasteiger partial charge in [-0.25, -0.2) is 4.98 Å². The Bertz CT molecular complexity index is 674. The van der Waals surface area contributed by atoms with Crippen molar-refractivity contribution < 1.29 is 0 Å². The highest BCUT2D eigenvalue weighted by Gasteiger charge is 2.28. The molecule has 0 radical (unpaired) electrons. The predicted octanol–water partition coefficient (Wildman–Crippen LogP) is 4.93. The van der Waals surface area contributed by atoms with Gasteiger partial charge in [0.15, 0.2) is 0 Å². The number of hydrogen-bond acceptors (Lipinski definition) is 4. The van der Waals surface area contributed by atoms with Crippen LogP contribution in [0.4, 0.5) is 0 Å². The second kappa shape index (κ2) is 7.56. The van der Waals surface area contributed by atoms with Crippen molar-refractivity contribution in [3.05, 3.63) is 52.0 Å². The Hall–Kier alpha value is -1.23. The highest BCUT2D eigenvalue weighted by Crippen LogP contribution is 2.29. The maximum Gasteiger partial charge on any atom is 0.110 e. The van der Waals surface area contributed by atoms with Crippen LogP contribution in [-0.4, -0.2) is 29.0 Å². The van der Waals surface area contributed by atoms with Gasteiger partial charge in [-0.15, -0.1) is 11.3 Å². The fourth-order valence-corrected chi connectivity index (χ4v) is 4.54. The molecule has 1 aromatic carbocycles. The lowest BCUT2D eigenvalue weighted by Crippen LogP contribution is -2.35. The summed E-state index contributed by atoms with van der Waals surface area (Å²) in [5, 5.41) is 7.22. The molecule has 3 rings (SSSR count). The van der Waals surface area contributed by atoms with E-state index < -0.39 is 0 Å². The molecule has 3 nitrogen and oxygen atoms in total. The first-order valence-electron chi connectivity index (χ1n) is 9.35. The van der Waals surface area contributed by atoms with Crippen molar-refractivity contribution in [2.75, 3.05) is 13.1 Å². The SMILES string of the molecule is CC(NC1CCN(C(C)c2ccccc2)C1)c1nc(C(C)(C)C)cs1. The van der Waals surface area contributed by atoms with Crippen LogP contribution in [-0.2, 0) is 5.41 Å². The summed E-state index contributed by atoms with van der Waals surface area (Å²) in [4.78, 5) is 7.45. The number of nitrogens with zero attached hydrogens (tertiary/aromatic N) is 2. The fourth-order valence-electron chi connectivity index (χ4n) is 3.47. The lowest BCUT2D eigenvalue weighted by atomic mass is 9.93. The summed E-state index contributed by atoms with van der Waals surface area (Å²) in [7, 11) is 0. The summed E-state index contributed by atoms with van der Waals surface area (Å²) < 4.78 is 0. The molecular weight excluding hydrogens is 326 g/mol. The van der Waals surface area contributed by atoms with Crippen LogP contribution in [0.2, 0.25) is 0 Å². The van der Waals surface area contributed by atoms with E-state index in [-0.39, 0.29) is 5.41 Å². The molecule has 4 heteroatoms. The van der Waals surface area contributed by atoms with Crippen LogP contribution in [0.1, 0.15) is 69.4 Å². The first-order valence-corrected chi connectivity index (χ1v) is 10.2. The normalized spacial score (nSPS) is 21.4. The van der Waals surface area contributed by atoms with Gasteiger partial charge < -0.3 is 5.32 Å². The average molecular weight is 358 g/mol. The van der Waals surface area contributed by atoms with Crippen LogP contribution in [0, 0.1) is 0 Å². The molecule has 2 aromatic rings. The summed E-state index contributed by atoms with van der Waals surface area (Å²) in [6.45, 7) is 13.5. The standard InChI is InChI=1S/C21H31N3S/c1-15(20-23-19(14-25-20)21(3,4)5)22-18-11-12-24(13-18)16(2)17-9-7-6-8-10-17/h6-10,14-16,18,22H,11-13H2,1-5H3. The first-order chi connectivity index (χ1) is 11.8. The highest BCUT2D eigenvalue weighted by atomic mass is 32.1. The van der Waals surface area contributed by atoms with E-state index in [1.54, 1.807) is 11.3 Å². The quantitative estimate of drug-likeness (QED) is 0.822. The second-order valence-electron chi connectivity index (χ2n) is 8.28. The fraction of sp³-hybridized carbons (Fsp3) is 0.571. The Morgan fingerprint density at radius 2 is 1.92 bits per heavy atom. The van der Waals surface area contributed by atoms with E-state index in [0.717, 1.165) is 13.1 Å². The molecule has 1 fully saturated rings. The van der Waals surface area contributed by atoms with Crippen molar-refractivity contribution in [2.24, 2.45) is 0 Å². The predicted molar refractivity (Wildman–Crippen MR) is 107 cm³/mol. The number of nitrogens with one attached hydrogen (secondary N) is 1. The number of rotatable bonds is 5. The van der Waals surface area contributed by atoms with Crippen molar-refractivity contribution in [2.45, 2.75) is 64.6 Å². The molecule has 1 N–H and O–H groups in total. The van der Waals surface area contributed by atoms with Gasteiger partial charge in [0.2, 0.25) is 0 Å². The first kappa shape index (κ1) is 18.6. The minimum atomic E-state index is 0.129. The Balaban J connectivity index is 1.57. The van der Waals surface area contributed by atoms with Gasteiger partial charge >= 0.3 is 0 Å². The Morgan fingerprint density at radius 3 is 2.56 bits per heavy atom. The maximum absolute atomic E-state index is 4.87. The summed E-state index contributed by atoms with van der Waals surface area (Å²) in [5.74, 6) is 0. The summed E-state index contributed by atoms with van der Waals surface area (Å²) >= 11 is 1.78. The van der Waals surface area contributed by atoms with E-state index in [4.69, 9.17) is 4.98 Å². The maximum atomic E-state index is 4.87. The van der Waals surface area contributed by atoms with Gasteiger partial charge in [-0.05, 0) is 25.8 Å². The topological polar surface area (TPSA) is 28.2 Å². The zero-order chi connectivity index (χ0) is 18.0. The van der Waals surface area contributed by atoms with Crippen LogP contribution in [0.5, 0.6) is 0 Å². The minimum absolute atomic E-state index is 0.129. The van der Waals surface area contributed by atoms with Crippen LogP contribution < -0.4 is 5.32 Å². The van der Waals surface area contributed by atoms with Crippen molar-refractivity contribution in [1.29, 1.82) is 0 Å². The molecule has 0 bridgehead atoms. The Labute approximate surface area is 156 Å². The molecule has 25 heavy (non-hydrogen) atoms. The van der Waals surface area contributed by atoms with E-state index in [9.17, 15) is 0 Å². The molecule has 1 aromatic heterocycles. The van der Waals surface area contributed by atoms with Gasteiger partial charge in [0, 0.05) is 36.0 Å². The number of thiazole rings is 1. The van der Waals surface area contributed by atoms with E-state index in [1.807, 2.05) is 0 Å². The van der Waals surface area contributed by atoms with Gasteiger partial charge in [-0.1, -0.05) is 51.1 Å². The molecule has 0 spiro atoms. The van der Waals surface area contributed by atoms with E-state index in [2.05, 4.69) is 80.5 Å². The van der Waals surface area contributed by atoms with Crippen molar-refractivity contribution in [3.63, 3.8) is 0 Å². The van der Waals surface area contributed by atoms with Crippen LogP contribution in [0.25, 0.3) is 0 Å². The molecule has 2 heterocycles. The summed E-state index contributed by atoms with van der Waals surface area (Å²) in [5.41, 5.74) is 2.74. The molecule has 3 unspecified atom stereocenters. The molecule has 136 valence electrons. The lowest BCUT2D eigenvalue weighted by Gasteiger charge is -2.25. The van der Waals surface area contributed by atoms with E-state index in [0.29, 0.717) is 18.1 Å². The Kier molecular flexibility index (Phi) is 5.62. The molecule has 3 atom stereocenters. The number of aromatic nitrogens is 1. The third-order valence-electron chi connectivity index (χ3n) is 5.20. The van der Waals surface area contributed by atoms with Gasteiger partial charge in [0.1, 0.15) is 5.01 Å². The lowest BCUT2D eigenvalue weighted by molar-refractivity contribution is 0.253. The Morgan fingerprint density at radius 1 is 1.20 bits per heavy atom. The van der Waals surface area contributed by atoms with Gasteiger partial charge in [0.25, 0.3) is 0 Å². The summed E-state index contributed by atoms with van der Waals surface area (Å²) in [6, 6.07) is 12.2. The van der Waals surface area contributed by atoms with E-state index >= 15 is 0 Å². The number of benzene rings is 1. The molecule has 1 aliphatic heterocycles. The number of hydrogen-bond donors (Lipinski definition) is 1. The molecular formula is C21H31N3S. The van der Waals surface area contributed by atoms with Crippen LogP contribution in [0.3, 0.4) is 0 Å². The van der Waals surface area contributed by atoms with E-state index in [1.165, 1.54) is 22.7 Å². The van der Waals surface area contributed by atoms with Crippen molar-refractivity contribution >= 4 is 11.3 Å². The van der Waals surface area contributed by atoms with Crippen molar-refractivity contribution in [3.8, 4) is 0 Å². The third kappa shape index (κ3) is 4.49. The molecule has 1 saturated heterocycles. The smallest absolute Gasteiger partial charge is 0.110 e. The molecule has 0 saturated carbocycles. The molecule has 0 aliphatic carbocycles. The van der Waals surface area contributed by atoms with Crippen LogP contribution >= 0.6 is 11.3 Å². The second-order valence-corrected chi connectivity index (χ2v) is 9.17. The van der Waals surface area contributed by atoms with Crippen molar-refractivity contribution in [1.82, 2.24) is 15.2 Å². The van der Waals surface area contributed by atoms with Gasteiger partial charge in [-0.3, -0.25) is 4.90 Å². The minimum Gasteiger partial charge on any atom is -0.304 e. The third-order valence-corrected chi connectivity index (χ3v) is 6.22. The molecule has 1 aliphatic rings. The zero-order valence-electron chi connectivity index (χ0n) is 16.1. The molecule has 0 amide bonds. The average Bonchev–Trinajstić information content (AvgIpc) is 3.24. The largest absolute Gasteiger partial charge is 0.304 e. The van der Waals surface area contributed by atoms with Crippen LogP contribution in [0.15, 0.2) is 35.7 Å². The number of likely N-dealkylation sites (tertiary alicyclic amines) is 1.